The van der Waals surface area contributed by atoms with E-state index in [1.165, 1.54) is 6.08 Å². The Balaban J connectivity index is 1.50. The Labute approximate surface area is 175 Å². The molecule has 7 heteroatoms. The van der Waals surface area contributed by atoms with Crippen molar-refractivity contribution in [2.24, 2.45) is 5.92 Å². The third-order valence-electron chi connectivity index (χ3n) is 4.33. The molecule has 0 aliphatic rings. The molecule has 1 aromatic heterocycles. The number of hydrogen-bond donors (Lipinski definition) is 2. The van der Waals surface area contributed by atoms with Crippen LogP contribution in [0.1, 0.15) is 30.7 Å². The Morgan fingerprint density at radius 2 is 1.83 bits per heavy atom. The summed E-state index contributed by atoms with van der Waals surface area (Å²) in [6.45, 7) is 4.66. The molecule has 0 fully saturated rings. The molecule has 0 bridgehead atoms. The highest BCUT2D eigenvalue weighted by atomic mass is 16.2. The van der Waals surface area contributed by atoms with Crippen molar-refractivity contribution < 1.29 is 9.59 Å². The van der Waals surface area contributed by atoms with E-state index < -0.39 is 0 Å². The van der Waals surface area contributed by atoms with Crippen molar-refractivity contribution in [3.05, 3.63) is 83.7 Å². The van der Waals surface area contributed by atoms with Crippen molar-refractivity contribution in [1.29, 1.82) is 0 Å². The number of hydrogen-bond acceptors (Lipinski definition) is 4. The molecule has 0 saturated heterocycles. The largest absolute Gasteiger partial charge is 0.348 e. The van der Waals surface area contributed by atoms with Crippen LogP contribution in [-0.2, 0) is 22.7 Å². The molecular formula is C23H25N5O2. The van der Waals surface area contributed by atoms with E-state index in [2.05, 4.69) is 20.9 Å². The number of rotatable bonds is 8. The summed E-state index contributed by atoms with van der Waals surface area (Å²) in [6.07, 6.45) is 4.85. The lowest BCUT2D eigenvalue weighted by atomic mass is 10.1. The van der Waals surface area contributed by atoms with Gasteiger partial charge in [-0.1, -0.05) is 61.5 Å². The summed E-state index contributed by atoms with van der Waals surface area (Å²) in [4.78, 5) is 23.9. The molecule has 0 spiro atoms. The summed E-state index contributed by atoms with van der Waals surface area (Å²) in [5, 5.41) is 13.8. The van der Waals surface area contributed by atoms with E-state index in [-0.39, 0.29) is 17.7 Å². The van der Waals surface area contributed by atoms with Crippen molar-refractivity contribution in [3.8, 4) is 0 Å². The molecule has 2 aromatic carbocycles. The highest BCUT2D eigenvalue weighted by molar-refractivity contribution is 5.92. The number of carbonyl (C=O) groups excluding carboxylic acids is 2. The van der Waals surface area contributed by atoms with E-state index in [1.54, 1.807) is 17.0 Å². The van der Waals surface area contributed by atoms with E-state index >= 15 is 0 Å². The second-order valence-electron chi connectivity index (χ2n) is 7.22. The third kappa shape index (κ3) is 6.41. The summed E-state index contributed by atoms with van der Waals surface area (Å²) < 4.78 is 1.73. The van der Waals surface area contributed by atoms with Gasteiger partial charge in [0.25, 0.3) is 0 Å². The lowest BCUT2D eigenvalue weighted by Crippen LogP contribution is -2.21. The molecule has 3 aromatic rings. The van der Waals surface area contributed by atoms with Crippen LogP contribution < -0.4 is 10.6 Å². The third-order valence-corrected chi connectivity index (χ3v) is 4.33. The molecule has 7 nitrogen and oxygen atoms in total. The van der Waals surface area contributed by atoms with Gasteiger partial charge in [-0.2, -0.15) is 0 Å². The number of amides is 2. The van der Waals surface area contributed by atoms with Gasteiger partial charge in [0.2, 0.25) is 11.8 Å². The van der Waals surface area contributed by atoms with Gasteiger partial charge in [-0.25, -0.2) is 4.68 Å². The Morgan fingerprint density at radius 1 is 1.07 bits per heavy atom. The topological polar surface area (TPSA) is 88.9 Å². The average Bonchev–Trinajstić information content (AvgIpc) is 3.19. The maximum atomic E-state index is 12.1. The average molecular weight is 403 g/mol. The van der Waals surface area contributed by atoms with Crippen molar-refractivity contribution in [2.75, 3.05) is 5.32 Å². The van der Waals surface area contributed by atoms with E-state index in [0.717, 1.165) is 11.1 Å². The summed E-state index contributed by atoms with van der Waals surface area (Å²) in [5.74, 6) is -0.368. The Kier molecular flexibility index (Phi) is 7.10. The van der Waals surface area contributed by atoms with Gasteiger partial charge in [-0.3, -0.25) is 9.59 Å². The molecular weight excluding hydrogens is 378 g/mol. The molecule has 1 heterocycles. The van der Waals surface area contributed by atoms with Crippen LogP contribution in [0.5, 0.6) is 0 Å². The second kappa shape index (κ2) is 10.2. The minimum atomic E-state index is -0.232. The smallest absolute Gasteiger partial charge is 0.244 e. The minimum Gasteiger partial charge on any atom is -0.348 e. The summed E-state index contributed by atoms with van der Waals surface area (Å²) >= 11 is 0. The zero-order chi connectivity index (χ0) is 21.3. The van der Waals surface area contributed by atoms with Gasteiger partial charge in [0, 0.05) is 24.2 Å². The lowest BCUT2D eigenvalue weighted by molar-refractivity contribution is -0.119. The summed E-state index contributed by atoms with van der Waals surface area (Å²) in [6, 6.07) is 17.4. The Hall–Kier alpha value is -3.74. The maximum absolute atomic E-state index is 12.1. The number of anilines is 1. The molecule has 2 N–H and O–H groups in total. The first-order valence-corrected chi connectivity index (χ1v) is 9.79. The predicted molar refractivity (Wildman–Crippen MR) is 116 cm³/mol. The molecule has 0 unspecified atom stereocenters. The van der Waals surface area contributed by atoms with Gasteiger partial charge >= 0.3 is 0 Å². The molecule has 30 heavy (non-hydrogen) atoms. The van der Waals surface area contributed by atoms with Crippen LogP contribution in [0.2, 0.25) is 0 Å². The zero-order valence-corrected chi connectivity index (χ0v) is 17.1. The first-order valence-electron chi connectivity index (χ1n) is 9.79. The molecule has 0 radical (unpaired) electrons. The highest BCUT2D eigenvalue weighted by Crippen LogP contribution is 2.12. The van der Waals surface area contributed by atoms with E-state index in [9.17, 15) is 9.59 Å². The maximum Gasteiger partial charge on any atom is 0.244 e. The standard InChI is InChI=1S/C23H25N5O2/c1-17(2)23(30)25-20-10-6-9-19(13-20)14-24-22(29)12-11-21-16-28(27-26-21)15-18-7-4-3-5-8-18/h3-13,16-17H,14-15H2,1-2H3,(H,24,29)(H,25,30)/b12-11+. The first-order chi connectivity index (χ1) is 14.5. The molecule has 0 aliphatic heterocycles. The van der Waals surface area contributed by atoms with Crippen LogP contribution >= 0.6 is 0 Å². The number of carbonyl (C=O) groups is 2. The van der Waals surface area contributed by atoms with Gasteiger partial charge < -0.3 is 10.6 Å². The van der Waals surface area contributed by atoms with Crippen LogP contribution in [0, 0.1) is 5.92 Å². The van der Waals surface area contributed by atoms with Crippen molar-refractivity contribution >= 4 is 23.6 Å². The van der Waals surface area contributed by atoms with E-state index in [1.807, 2.05) is 68.4 Å². The fourth-order valence-corrected chi connectivity index (χ4v) is 2.69. The molecule has 3 rings (SSSR count). The van der Waals surface area contributed by atoms with Gasteiger partial charge in [0.15, 0.2) is 0 Å². The van der Waals surface area contributed by atoms with E-state index in [4.69, 9.17) is 0 Å². The van der Waals surface area contributed by atoms with Gasteiger partial charge in [0.05, 0.1) is 12.7 Å². The van der Waals surface area contributed by atoms with Crippen LogP contribution in [0.15, 0.2) is 66.9 Å². The molecule has 154 valence electrons. The number of benzene rings is 2. The lowest BCUT2D eigenvalue weighted by Gasteiger charge is -2.09. The molecule has 0 saturated carbocycles. The summed E-state index contributed by atoms with van der Waals surface area (Å²) in [7, 11) is 0. The normalized spacial score (nSPS) is 11.0. The summed E-state index contributed by atoms with van der Waals surface area (Å²) in [5.41, 5.74) is 3.35. The van der Waals surface area contributed by atoms with Crippen LogP contribution in [-0.4, -0.2) is 26.8 Å². The monoisotopic (exact) mass is 403 g/mol. The minimum absolute atomic E-state index is 0.0422. The highest BCUT2D eigenvalue weighted by Gasteiger charge is 2.07. The Bertz CT molecular complexity index is 1020. The fraction of sp³-hybridized carbons (Fsp3) is 0.217. The quantitative estimate of drug-likeness (QED) is 0.565. The number of nitrogens with zero attached hydrogens (tertiary/aromatic N) is 3. The van der Waals surface area contributed by atoms with Crippen molar-refractivity contribution in [3.63, 3.8) is 0 Å². The van der Waals surface area contributed by atoms with Crippen LogP contribution in [0.3, 0.4) is 0 Å². The van der Waals surface area contributed by atoms with Crippen molar-refractivity contribution in [1.82, 2.24) is 20.3 Å². The van der Waals surface area contributed by atoms with Gasteiger partial charge in [-0.05, 0) is 29.3 Å². The SMILES string of the molecule is CC(C)C(=O)Nc1cccc(CNC(=O)/C=C/c2cn(Cc3ccccc3)nn2)c1. The predicted octanol–water partition coefficient (Wildman–Crippen LogP) is 3.25. The van der Waals surface area contributed by atoms with Crippen molar-refractivity contribution in [2.45, 2.75) is 26.9 Å². The molecule has 2 amide bonds. The van der Waals surface area contributed by atoms with Gasteiger partial charge in [0.1, 0.15) is 5.69 Å². The van der Waals surface area contributed by atoms with Gasteiger partial charge in [-0.15, -0.1) is 5.10 Å². The van der Waals surface area contributed by atoms with E-state index in [0.29, 0.717) is 24.5 Å². The molecule has 0 atom stereocenters. The second-order valence-corrected chi connectivity index (χ2v) is 7.22. The van der Waals surface area contributed by atoms with Crippen LogP contribution in [0.25, 0.3) is 6.08 Å². The first kappa shape index (κ1) is 21.0. The number of nitrogens with one attached hydrogen (secondary N) is 2. The zero-order valence-electron chi connectivity index (χ0n) is 17.1. The number of aromatic nitrogens is 3. The molecule has 0 aliphatic carbocycles. The Morgan fingerprint density at radius 3 is 2.60 bits per heavy atom. The van der Waals surface area contributed by atoms with Crippen LogP contribution in [0.4, 0.5) is 5.69 Å². The fourth-order valence-electron chi connectivity index (χ4n) is 2.69.